The molecule has 1 heterocycles. The van der Waals surface area contributed by atoms with Gasteiger partial charge in [0.25, 0.3) is 0 Å². The van der Waals surface area contributed by atoms with Crippen molar-refractivity contribution in [2.75, 3.05) is 11.9 Å². The highest BCUT2D eigenvalue weighted by Crippen LogP contribution is 2.17. The van der Waals surface area contributed by atoms with Crippen LogP contribution in [0.5, 0.6) is 0 Å². The third-order valence-corrected chi connectivity index (χ3v) is 3.00. The molecule has 18 heavy (non-hydrogen) atoms. The lowest BCUT2D eigenvalue weighted by molar-refractivity contribution is -0.119. The molecule has 0 fully saturated rings. The Kier molecular flexibility index (Phi) is 3.94. The van der Waals surface area contributed by atoms with Gasteiger partial charge >= 0.3 is 0 Å². The molecule has 5 heteroatoms. The van der Waals surface area contributed by atoms with Crippen molar-refractivity contribution in [3.05, 3.63) is 24.4 Å². The summed E-state index contributed by atoms with van der Waals surface area (Å²) in [6.45, 7) is 2.43. The monoisotopic (exact) mass is 246 g/mol. The Morgan fingerprint density at radius 3 is 3.11 bits per heavy atom. The molecule has 1 aromatic carbocycles. The lowest BCUT2D eigenvalue weighted by Gasteiger charge is -2.13. The van der Waals surface area contributed by atoms with Gasteiger partial charge in [0.15, 0.2) is 0 Å². The molecule has 0 bridgehead atoms. The van der Waals surface area contributed by atoms with Crippen molar-refractivity contribution in [2.24, 2.45) is 11.7 Å². The van der Waals surface area contributed by atoms with Crippen LogP contribution in [-0.4, -0.2) is 22.6 Å². The number of carbonyl (C=O) groups is 1. The van der Waals surface area contributed by atoms with Gasteiger partial charge in [-0.2, -0.15) is 5.10 Å². The number of aromatic nitrogens is 2. The zero-order valence-corrected chi connectivity index (χ0v) is 10.4. The van der Waals surface area contributed by atoms with E-state index in [-0.39, 0.29) is 11.8 Å². The molecule has 96 valence electrons. The lowest BCUT2D eigenvalue weighted by atomic mass is 10.0. The molecule has 0 spiro atoms. The maximum atomic E-state index is 12.0. The van der Waals surface area contributed by atoms with Crippen LogP contribution < -0.4 is 11.1 Å². The summed E-state index contributed by atoms with van der Waals surface area (Å²) in [7, 11) is 0. The van der Waals surface area contributed by atoms with Gasteiger partial charge in [-0.25, -0.2) is 0 Å². The molecule has 2 rings (SSSR count). The van der Waals surface area contributed by atoms with Gasteiger partial charge in [0, 0.05) is 17.6 Å². The predicted octanol–water partition coefficient (Wildman–Crippen LogP) is 1.88. The van der Waals surface area contributed by atoms with E-state index in [1.807, 2.05) is 25.1 Å². The fraction of sp³-hybridized carbons (Fsp3) is 0.385. The largest absolute Gasteiger partial charge is 0.330 e. The Morgan fingerprint density at radius 1 is 1.56 bits per heavy atom. The summed E-state index contributed by atoms with van der Waals surface area (Å²) in [5.41, 5.74) is 7.29. The lowest BCUT2D eigenvalue weighted by Crippen LogP contribution is -2.29. The average molecular weight is 246 g/mol. The molecule has 4 N–H and O–H groups in total. The summed E-state index contributed by atoms with van der Waals surface area (Å²) in [5.74, 6) is -0.134. The standard InChI is InChI=1S/C13H18N4O/c1-2-3-9(7-14)13(18)16-11-5-4-10-8-15-17-12(10)6-11/h4-6,8-9H,2-3,7,14H2,1H3,(H,15,17)(H,16,18). The van der Waals surface area contributed by atoms with Crippen LogP contribution in [0, 0.1) is 5.92 Å². The fourth-order valence-electron chi connectivity index (χ4n) is 1.96. The molecule has 2 aromatic rings. The van der Waals surface area contributed by atoms with Crippen LogP contribution >= 0.6 is 0 Å². The minimum absolute atomic E-state index is 0.0155. The third kappa shape index (κ3) is 2.68. The number of hydrogen-bond donors (Lipinski definition) is 3. The first-order valence-corrected chi connectivity index (χ1v) is 6.18. The number of H-pyrrole nitrogens is 1. The van der Waals surface area contributed by atoms with Gasteiger partial charge in [-0.1, -0.05) is 13.3 Å². The van der Waals surface area contributed by atoms with Crippen LogP contribution in [0.25, 0.3) is 10.9 Å². The van der Waals surface area contributed by atoms with Crippen LogP contribution in [0.4, 0.5) is 5.69 Å². The Bertz CT molecular complexity index is 535. The number of anilines is 1. The molecule has 1 unspecified atom stereocenters. The normalized spacial score (nSPS) is 12.6. The molecule has 5 nitrogen and oxygen atoms in total. The number of nitrogens with one attached hydrogen (secondary N) is 2. The predicted molar refractivity (Wildman–Crippen MR) is 72.2 cm³/mol. The topological polar surface area (TPSA) is 83.8 Å². The highest BCUT2D eigenvalue weighted by atomic mass is 16.1. The van der Waals surface area contributed by atoms with E-state index in [4.69, 9.17) is 5.73 Å². The van der Waals surface area contributed by atoms with Crippen LogP contribution in [-0.2, 0) is 4.79 Å². The number of benzene rings is 1. The van der Waals surface area contributed by atoms with Crippen molar-refractivity contribution in [3.63, 3.8) is 0 Å². The zero-order valence-electron chi connectivity index (χ0n) is 10.4. The number of carbonyl (C=O) groups excluding carboxylic acids is 1. The van der Waals surface area contributed by atoms with Crippen molar-refractivity contribution in [2.45, 2.75) is 19.8 Å². The Balaban J connectivity index is 2.09. The number of amides is 1. The molecular weight excluding hydrogens is 228 g/mol. The number of aromatic amines is 1. The minimum atomic E-state index is -0.118. The molecule has 0 saturated carbocycles. The number of rotatable bonds is 5. The molecule has 0 aliphatic carbocycles. The summed E-state index contributed by atoms with van der Waals surface area (Å²) in [6.07, 6.45) is 3.52. The first kappa shape index (κ1) is 12.6. The number of nitrogens with two attached hydrogens (primary N) is 1. The van der Waals surface area contributed by atoms with Crippen LogP contribution in [0.3, 0.4) is 0 Å². The number of fused-ring (bicyclic) bond motifs is 1. The van der Waals surface area contributed by atoms with E-state index in [2.05, 4.69) is 15.5 Å². The zero-order chi connectivity index (χ0) is 13.0. The molecule has 1 atom stereocenters. The summed E-state index contributed by atoms with van der Waals surface area (Å²) in [5, 5.41) is 10.7. The van der Waals surface area contributed by atoms with Crippen LogP contribution in [0.2, 0.25) is 0 Å². The van der Waals surface area contributed by atoms with E-state index in [1.54, 1.807) is 6.20 Å². The summed E-state index contributed by atoms with van der Waals surface area (Å²) in [4.78, 5) is 12.0. The fourth-order valence-corrected chi connectivity index (χ4v) is 1.96. The molecule has 0 aliphatic rings. The Labute approximate surface area is 106 Å². The van der Waals surface area contributed by atoms with E-state index in [0.717, 1.165) is 29.4 Å². The van der Waals surface area contributed by atoms with Gasteiger partial charge in [-0.15, -0.1) is 0 Å². The second-order valence-electron chi connectivity index (χ2n) is 4.38. The quantitative estimate of drug-likeness (QED) is 0.753. The number of hydrogen-bond acceptors (Lipinski definition) is 3. The van der Waals surface area contributed by atoms with E-state index >= 15 is 0 Å². The number of nitrogens with zero attached hydrogens (tertiary/aromatic N) is 1. The van der Waals surface area contributed by atoms with Crippen molar-refractivity contribution in [1.29, 1.82) is 0 Å². The molecule has 0 saturated heterocycles. The van der Waals surface area contributed by atoms with Crippen molar-refractivity contribution >= 4 is 22.5 Å². The molecule has 1 aromatic heterocycles. The van der Waals surface area contributed by atoms with Crippen LogP contribution in [0.1, 0.15) is 19.8 Å². The Morgan fingerprint density at radius 2 is 2.39 bits per heavy atom. The van der Waals surface area contributed by atoms with E-state index in [1.165, 1.54) is 0 Å². The van der Waals surface area contributed by atoms with Crippen molar-refractivity contribution in [1.82, 2.24) is 10.2 Å². The second kappa shape index (κ2) is 5.64. The van der Waals surface area contributed by atoms with Crippen LogP contribution in [0.15, 0.2) is 24.4 Å². The first-order valence-electron chi connectivity index (χ1n) is 6.18. The van der Waals surface area contributed by atoms with Gasteiger partial charge in [0.2, 0.25) is 5.91 Å². The Hall–Kier alpha value is -1.88. The van der Waals surface area contributed by atoms with Gasteiger partial charge in [0.05, 0.1) is 17.6 Å². The van der Waals surface area contributed by atoms with Gasteiger partial charge in [-0.05, 0) is 24.6 Å². The average Bonchev–Trinajstić information content (AvgIpc) is 2.83. The van der Waals surface area contributed by atoms with E-state index < -0.39 is 0 Å². The molecular formula is C13H18N4O. The maximum absolute atomic E-state index is 12.0. The summed E-state index contributed by atoms with van der Waals surface area (Å²) in [6, 6.07) is 5.67. The molecule has 0 aliphatic heterocycles. The van der Waals surface area contributed by atoms with Gasteiger partial charge in [-0.3, -0.25) is 9.89 Å². The summed E-state index contributed by atoms with van der Waals surface area (Å²) < 4.78 is 0. The molecule has 0 radical (unpaired) electrons. The maximum Gasteiger partial charge on any atom is 0.228 e. The van der Waals surface area contributed by atoms with Crippen molar-refractivity contribution < 1.29 is 4.79 Å². The van der Waals surface area contributed by atoms with Crippen molar-refractivity contribution in [3.8, 4) is 0 Å². The minimum Gasteiger partial charge on any atom is -0.330 e. The summed E-state index contributed by atoms with van der Waals surface area (Å²) >= 11 is 0. The highest BCUT2D eigenvalue weighted by Gasteiger charge is 2.15. The van der Waals surface area contributed by atoms with Gasteiger partial charge < -0.3 is 11.1 Å². The first-order chi connectivity index (χ1) is 8.74. The van der Waals surface area contributed by atoms with E-state index in [9.17, 15) is 4.79 Å². The van der Waals surface area contributed by atoms with Gasteiger partial charge in [0.1, 0.15) is 0 Å². The van der Waals surface area contributed by atoms with E-state index in [0.29, 0.717) is 6.54 Å². The smallest absolute Gasteiger partial charge is 0.228 e. The SMILES string of the molecule is CCCC(CN)C(=O)Nc1ccc2cn[nH]c2c1. The molecule has 1 amide bonds. The second-order valence-corrected chi connectivity index (χ2v) is 4.38. The highest BCUT2D eigenvalue weighted by molar-refractivity contribution is 5.94. The third-order valence-electron chi connectivity index (χ3n) is 3.00.